The second-order valence-electron chi connectivity index (χ2n) is 9.16. The summed E-state index contributed by atoms with van der Waals surface area (Å²) in [7, 11) is 0. The molecule has 0 rings (SSSR count). The van der Waals surface area contributed by atoms with E-state index in [1.165, 1.54) is 0 Å². The van der Waals surface area contributed by atoms with E-state index in [9.17, 15) is 29.1 Å². The third-order valence-electron chi connectivity index (χ3n) is 5.41. The molecule has 0 saturated heterocycles. The smallest absolute Gasteiger partial charge is 0.326 e. The molecule has 11 nitrogen and oxygen atoms in total. The van der Waals surface area contributed by atoms with E-state index in [-0.39, 0.29) is 31.1 Å². The average Bonchev–Trinajstić information content (AvgIpc) is 2.71. The molecule has 0 heterocycles. The second kappa shape index (κ2) is 14.5. The molecule has 5 unspecified atom stereocenters. The summed E-state index contributed by atoms with van der Waals surface area (Å²) in [6, 6.07) is -4.30. The van der Waals surface area contributed by atoms with Crippen LogP contribution in [0.5, 0.6) is 0 Å². The van der Waals surface area contributed by atoms with Crippen LogP contribution >= 0.6 is 0 Å². The lowest BCUT2D eigenvalue weighted by Gasteiger charge is -2.27. The van der Waals surface area contributed by atoms with Gasteiger partial charge in [0, 0.05) is 6.42 Å². The van der Waals surface area contributed by atoms with Crippen LogP contribution < -0.4 is 21.7 Å². The van der Waals surface area contributed by atoms with Crippen LogP contribution in [0.4, 0.5) is 0 Å². The van der Waals surface area contributed by atoms with Gasteiger partial charge in [-0.2, -0.15) is 0 Å². The van der Waals surface area contributed by atoms with Crippen LogP contribution in [-0.4, -0.2) is 64.0 Å². The first kappa shape index (κ1) is 30.3. The van der Waals surface area contributed by atoms with E-state index in [0.717, 1.165) is 0 Å². The van der Waals surface area contributed by atoms with Gasteiger partial charge in [0.1, 0.15) is 18.1 Å². The largest absolute Gasteiger partial charge is 0.481 e. The second-order valence-corrected chi connectivity index (χ2v) is 9.16. The van der Waals surface area contributed by atoms with Crippen LogP contribution in [-0.2, 0) is 24.0 Å². The van der Waals surface area contributed by atoms with Crippen LogP contribution in [0.1, 0.15) is 67.2 Å². The number of hydrogen-bond acceptors (Lipinski definition) is 6. The van der Waals surface area contributed by atoms with Gasteiger partial charge >= 0.3 is 11.9 Å². The highest BCUT2D eigenvalue weighted by molar-refractivity contribution is 5.94. The predicted molar refractivity (Wildman–Crippen MR) is 122 cm³/mol. The minimum Gasteiger partial charge on any atom is -0.481 e. The van der Waals surface area contributed by atoms with Crippen molar-refractivity contribution in [3.63, 3.8) is 0 Å². The van der Waals surface area contributed by atoms with Crippen LogP contribution in [0.25, 0.3) is 0 Å². The van der Waals surface area contributed by atoms with Crippen molar-refractivity contribution in [2.75, 3.05) is 0 Å². The van der Waals surface area contributed by atoms with Gasteiger partial charge in [-0.05, 0) is 30.6 Å². The van der Waals surface area contributed by atoms with Gasteiger partial charge < -0.3 is 31.9 Å². The maximum atomic E-state index is 12.9. The van der Waals surface area contributed by atoms with Crippen LogP contribution in [0, 0.1) is 17.8 Å². The molecule has 0 bridgehead atoms. The topological polar surface area (TPSA) is 188 Å². The number of hydrogen-bond donors (Lipinski definition) is 6. The summed E-state index contributed by atoms with van der Waals surface area (Å²) < 4.78 is 0. The summed E-state index contributed by atoms with van der Waals surface area (Å²) in [5.41, 5.74) is 5.92. The third kappa shape index (κ3) is 11.1. The number of nitrogens with two attached hydrogens (primary N) is 1. The summed E-state index contributed by atoms with van der Waals surface area (Å²) in [6.07, 6.45) is 0.268. The molecule has 7 N–H and O–H groups in total. The Labute approximate surface area is 195 Å². The molecular formula is C22H40N4O7. The molecule has 0 aliphatic carbocycles. The van der Waals surface area contributed by atoms with E-state index >= 15 is 0 Å². The lowest BCUT2D eigenvalue weighted by Crippen LogP contribution is -2.59. The highest BCUT2D eigenvalue weighted by atomic mass is 16.4. The van der Waals surface area contributed by atoms with Crippen molar-refractivity contribution >= 4 is 29.7 Å². The molecular weight excluding hydrogens is 432 g/mol. The fourth-order valence-corrected chi connectivity index (χ4v) is 3.06. The summed E-state index contributed by atoms with van der Waals surface area (Å²) in [5, 5.41) is 25.9. The zero-order valence-electron chi connectivity index (χ0n) is 20.4. The fourth-order valence-electron chi connectivity index (χ4n) is 3.06. The minimum atomic E-state index is -1.22. The summed E-state index contributed by atoms with van der Waals surface area (Å²) in [6.45, 7) is 10.6. The molecule has 0 aliphatic rings. The average molecular weight is 473 g/mol. The number of amides is 3. The van der Waals surface area contributed by atoms with E-state index in [1.807, 2.05) is 20.8 Å². The lowest BCUT2D eigenvalue weighted by molar-refractivity contribution is -0.143. The Kier molecular flexibility index (Phi) is 13.3. The van der Waals surface area contributed by atoms with Crippen molar-refractivity contribution < 1.29 is 34.2 Å². The number of carbonyl (C=O) groups excluding carboxylic acids is 3. The zero-order chi connectivity index (χ0) is 25.9. The fraction of sp³-hybridized carbons (Fsp3) is 0.773. The van der Waals surface area contributed by atoms with Crippen molar-refractivity contribution in [2.24, 2.45) is 23.5 Å². The van der Waals surface area contributed by atoms with Crippen LogP contribution in [0.3, 0.4) is 0 Å². The Balaban J connectivity index is 5.52. The van der Waals surface area contributed by atoms with Crippen molar-refractivity contribution in [1.82, 2.24) is 16.0 Å². The maximum Gasteiger partial charge on any atom is 0.326 e. The summed E-state index contributed by atoms with van der Waals surface area (Å²) in [5.74, 6) is -4.89. The number of rotatable bonds is 15. The van der Waals surface area contributed by atoms with Gasteiger partial charge in [-0.1, -0.05) is 48.0 Å². The zero-order valence-corrected chi connectivity index (χ0v) is 20.4. The number of carbonyl (C=O) groups is 5. The Hall–Kier alpha value is -2.69. The van der Waals surface area contributed by atoms with Crippen molar-refractivity contribution in [3.05, 3.63) is 0 Å². The lowest BCUT2D eigenvalue weighted by atomic mass is 9.98. The molecule has 0 aromatic rings. The molecule has 0 aromatic heterocycles. The Morgan fingerprint density at radius 2 is 1.36 bits per heavy atom. The van der Waals surface area contributed by atoms with Gasteiger partial charge in [0.15, 0.2) is 0 Å². The van der Waals surface area contributed by atoms with E-state index < -0.39 is 59.7 Å². The molecule has 11 heteroatoms. The van der Waals surface area contributed by atoms with Crippen LogP contribution in [0.2, 0.25) is 0 Å². The standard InChI is InChI=1S/C22H40N4O7/c1-7-13(6)17(23)20(30)24-14(8-9-16(27)28)19(29)26-18(12(4)5)21(31)25-15(22(32)33)10-11(2)3/h11-15,17-18H,7-10,23H2,1-6H3,(H,24,30)(H,25,31)(H,26,29)(H,27,28)(H,32,33). The molecule has 0 spiro atoms. The highest BCUT2D eigenvalue weighted by Gasteiger charge is 2.32. The Morgan fingerprint density at radius 3 is 1.79 bits per heavy atom. The van der Waals surface area contributed by atoms with Gasteiger partial charge in [0.2, 0.25) is 17.7 Å². The first-order valence-electron chi connectivity index (χ1n) is 11.3. The van der Waals surface area contributed by atoms with Crippen LogP contribution in [0.15, 0.2) is 0 Å². The Bertz CT molecular complexity index is 696. The number of carboxylic acid groups (broad SMARTS) is 2. The van der Waals surface area contributed by atoms with E-state index in [0.29, 0.717) is 6.42 Å². The van der Waals surface area contributed by atoms with Gasteiger partial charge in [0.25, 0.3) is 0 Å². The highest BCUT2D eigenvalue weighted by Crippen LogP contribution is 2.10. The number of aliphatic carboxylic acids is 2. The molecule has 0 aliphatic heterocycles. The van der Waals surface area contributed by atoms with Crippen molar-refractivity contribution in [1.29, 1.82) is 0 Å². The molecule has 0 aromatic carbocycles. The SMILES string of the molecule is CCC(C)C(N)C(=O)NC(CCC(=O)O)C(=O)NC(C(=O)NC(CC(C)C)C(=O)O)C(C)C. The molecule has 0 saturated carbocycles. The van der Waals surface area contributed by atoms with Gasteiger partial charge in [-0.25, -0.2) is 4.79 Å². The number of carboxylic acids is 2. The quantitative estimate of drug-likeness (QED) is 0.198. The van der Waals surface area contributed by atoms with E-state index in [4.69, 9.17) is 10.8 Å². The van der Waals surface area contributed by atoms with Crippen molar-refractivity contribution in [3.8, 4) is 0 Å². The molecule has 33 heavy (non-hydrogen) atoms. The normalized spacial score (nSPS) is 15.8. The van der Waals surface area contributed by atoms with E-state index in [2.05, 4.69) is 16.0 Å². The third-order valence-corrected chi connectivity index (χ3v) is 5.41. The Morgan fingerprint density at radius 1 is 0.818 bits per heavy atom. The maximum absolute atomic E-state index is 12.9. The molecule has 0 fully saturated rings. The molecule has 5 atom stereocenters. The first-order chi connectivity index (χ1) is 15.2. The van der Waals surface area contributed by atoms with Gasteiger partial charge in [-0.15, -0.1) is 0 Å². The molecule has 190 valence electrons. The number of nitrogens with one attached hydrogen (secondary N) is 3. The summed E-state index contributed by atoms with van der Waals surface area (Å²) in [4.78, 5) is 60.7. The molecule has 3 amide bonds. The van der Waals surface area contributed by atoms with Crippen molar-refractivity contribution in [2.45, 2.75) is 91.4 Å². The predicted octanol–water partition coefficient (Wildman–Crippen LogP) is 0.466. The van der Waals surface area contributed by atoms with Gasteiger partial charge in [0.05, 0.1) is 6.04 Å². The molecule has 0 radical (unpaired) electrons. The minimum absolute atomic E-state index is 0.0174. The monoisotopic (exact) mass is 472 g/mol. The summed E-state index contributed by atoms with van der Waals surface area (Å²) >= 11 is 0. The van der Waals surface area contributed by atoms with E-state index in [1.54, 1.807) is 20.8 Å². The van der Waals surface area contributed by atoms with Gasteiger partial charge in [-0.3, -0.25) is 19.2 Å². The first-order valence-corrected chi connectivity index (χ1v) is 11.3.